The molecule has 1 fully saturated rings. The van der Waals surface area contributed by atoms with E-state index in [0.717, 1.165) is 41.3 Å². The maximum Gasteiger partial charge on any atom is 0.123 e. The van der Waals surface area contributed by atoms with E-state index in [0.29, 0.717) is 13.1 Å². The monoisotopic (exact) mass is 405 g/mol. The van der Waals surface area contributed by atoms with Crippen LogP contribution >= 0.6 is 15.9 Å². The van der Waals surface area contributed by atoms with Crippen LogP contribution in [0.2, 0.25) is 0 Å². The number of hydrogen-bond donors (Lipinski definition) is 2. The van der Waals surface area contributed by atoms with Crippen molar-refractivity contribution in [3.8, 4) is 0 Å². The molecular formula is C21H25BrFNO. The summed E-state index contributed by atoms with van der Waals surface area (Å²) in [6.45, 7) is 1.37. The Morgan fingerprint density at radius 3 is 2.48 bits per heavy atom. The zero-order chi connectivity index (χ0) is 17.7. The lowest BCUT2D eigenvalue weighted by Gasteiger charge is -2.40. The quantitative estimate of drug-likeness (QED) is 0.695. The molecule has 1 atom stereocenters. The molecule has 2 N–H and O–H groups in total. The lowest BCUT2D eigenvalue weighted by molar-refractivity contribution is -0.0216. The highest BCUT2D eigenvalue weighted by Gasteiger charge is 2.38. The van der Waals surface area contributed by atoms with E-state index in [1.54, 1.807) is 12.1 Å². The molecule has 0 aromatic heterocycles. The number of aliphatic hydroxyl groups is 1. The second-order valence-electron chi connectivity index (χ2n) is 7.03. The van der Waals surface area contributed by atoms with Crippen molar-refractivity contribution in [3.63, 3.8) is 0 Å². The smallest absolute Gasteiger partial charge is 0.123 e. The number of hydrogen-bond acceptors (Lipinski definition) is 2. The average Bonchev–Trinajstić information content (AvgIpc) is 2.61. The van der Waals surface area contributed by atoms with Crippen LogP contribution in [-0.2, 0) is 6.54 Å². The van der Waals surface area contributed by atoms with E-state index < -0.39 is 5.60 Å². The predicted octanol–water partition coefficient (Wildman–Crippen LogP) is 5.16. The molecule has 0 aliphatic heterocycles. The molecule has 0 bridgehead atoms. The molecule has 2 aromatic rings. The van der Waals surface area contributed by atoms with E-state index in [4.69, 9.17) is 0 Å². The lowest BCUT2D eigenvalue weighted by Crippen LogP contribution is -2.43. The summed E-state index contributed by atoms with van der Waals surface area (Å²) in [5, 5.41) is 14.8. The fourth-order valence-electron chi connectivity index (χ4n) is 3.82. The van der Waals surface area contributed by atoms with Crippen LogP contribution in [-0.4, -0.2) is 17.3 Å². The summed E-state index contributed by atoms with van der Waals surface area (Å²) >= 11 is 3.55. The third kappa shape index (κ3) is 4.90. The van der Waals surface area contributed by atoms with E-state index in [2.05, 4.69) is 33.4 Å². The molecule has 0 amide bonds. The van der Waals surface area contributed by atoms with Gasteiger partial charge < -0.3 is 10.4 Å². The Labute approximate surface area is 157 Å². The van der Waals surface area contributed by atoms with Gasteiger partial charge in [-0.1, -0.05) is 59.5 Å². The first kappa shape index (κ1) is 18.6. The summed E-state index contributed by atoms with van der Waals surface area (Å²) in [5.74, 6) is -0.168. The van der Waals surface area contributed by atoms with E-state index in [1.165, 1.54) is 18.6 Å². The van der Waals surface area contributed by atoms with Gasteiger partial charge in [-0.15, -0.1) is 0 Å². The molecule has 1 aliphatic carbocycles. The number of nitrogens with one attached hydrogen (secondary N) is 1. The van der Waals surface area contributed by atoms with Gasteiger partial charge in [-0.25, -0.2) is 4.39 Å². The predicted molar refractivity (Wildman–Crippen MR) is 103 cm³/mol. The largest absolute Gasteiger partial charge is 0.389 e. The van der Waals surface area contributed by atoms with Gasteiger partial charge in [0.2, 0.25) is 0 Å². The maximum absolute atomic E-state index is 13.0. The maximum atomic E-state index is 13.0. The highest BCUT2D eigenvalue weighted by molar-refractivity contribution is 9.10. The lowest BCUT2D eigenvalue weighted by atomic mass is 9.72. The first-order valence-corrected chi connectivity index (χ1v) is 9.79. The molecule has 0 spiro atoms. The van der Waals surface area contributed by atoms with Crippen molar-refractivity contribution in [1.82, 2.24) is 5.32 Å². The second-order valence-corrected chi connectivity index (χ2v) is 7.94. The molecule has 1 saturated carbocycles. The molecule has 0 heterocycles. The van der Waals surface area contributed by atoms with Crippen molar-refractivity contribution < 1.29 is 9.50 Å². The van der Waals surface area contributed by atoms with Crippen molar-refractivity contribution in [2.24, 2.45) is 0 Å². The van der Waals surface area contributed by atoms with E-state index in [-0.39, 0.29) is 11.7 Å². The Balaban J connectivity index is 1.73. The van der Waals surface area contributed by atoms with Crippen molar-refractivity contribution in [2.45, 2.75) is 50.2 Å². The van der Waals surface area contributed by atoms with Gasteiger partial charge in [-0.2, -0.15) is 0 Å². The fourth-order valence-corrected chi connectivity index (χ4v) is 4.23. The topological polar surface area (TPSA) is 32.3 Å². The van der Waals surface area contributed by atoms with Gasteiger partial charge in [0.15, 0.2) is 0 Å². The van der Waals surface area contributed by atoms with Crippen LogP contribution in [0.3, 0.4) is 0 Å². The molecule has 3 rings (SSSR count). The standard InChI is InChI=1S/C21H25BrFNO/c22-18-6-4-5-17(13-18)20(21(25)11-2-1-3-12-21)15-24-14-16-7-9-19(23)10-8-16/h4-10,13,20,24-25H,1-3,11-12,14-15H2. The minimum absolute atomic E-state index is 0.0470. The van der Waals surface area contributed by atoms with Crippen LogP contribution in [0.5, 0.6) is 0 Å². The summed E-state index contributed by atoms with van der Waals surface area (Å²) in [5.41, 5.74) is 1.55. The van der Waals surface area contributed by atoms with Gasteiger partial charge in [0.1, 0.15) is 5.82 Å². The summed E-state index contributed by atoms with van der Waals surface area (Å²) in [6.07, 6.45) is 5.07. The minimum Gasteiger partial charge on any atom is -0.389 e. The molecule has 25 heavy (non-hydrogen) atoms. The van der Waals surface area contributed by atoms with Crippen LogP contribution in [0.1, 0.15) is 49.1 Å². The Morgan fingerprint density at radius 1 is 1.08 bits per heavy atom. The van der Waals surface area contributed by atoms with Crippen LogP contribution in [0.15, 0.2) is 53.0 Å². The van der Waals surface area contributed by atoms with Gasteiger partial charge in [0.25, 0.3) is 0 Å². The third-order valence-electron chi connectivity index (χ3n) is 5.21. The van der Waals surface area contributed by atoms with Gasteiger partial charge in [0.05, 0.1) is 5.60 Å². The Morgan fingerprint density at radius 2 is 1.80 bits per heavy atom. The first-order valence-electron chi connectivity index (χ1n) is 9.00. The van der Waals surface area contributed by atoms with E-state index >= 15 is 0 Å². The molecule has 2 nitrogen and oxygen atoms in total. The number of halogens is 2. The average molecular weight is 406 g/mol. The molecule has 0 saturated heterocycles. The summed E-state index contributed by atoms with van der Waals surface area (Å²) in [6, 6.07) is 14.8. The van der Waals surface area contributed by atoms with Crippen LogP contribution in [0.25, 0.3) is 0 Å². The molecule has 0 radical (unpaired) electrons. The van der Waals surface area contributed by atoms with E-state index in [9.17, 15) is 9.50 Å². The summed E-state index contributed by atoms with van der Waals surface area (Å²) < 4.78 is 14.1. The zero-order valence-corrected chi connectivity index (χ0v) is 15.9. The van der Waals surface area contributed by atoms with Crippen molar-refractivity contribution in [3.05, 3.63) is 69.9 Å². The fraction of sp³-hybridized carbons (Fsp3) is 0.429. The van der Waals surface area contributed by atoms with Crippen LogP contribution in [0.4, 0.5) is 4.39 Å². The summed E-state index contributed by atoms with van der Waals surface area (Å²) in [7, 11) is 0. The van der Waals surface area contributed by atoms with Crippen LogP contribution in [0, 0.1) is 5.82 Å². The molecule has 1 unspecified atom stereocenters. The van der Waals surface area contributed by atoms with Gasteiger partial charge in [-0.05, 0) is 48.2 Å². The van der Waals surface area contributed by atoms with Crippen molar-refractivity contribution in [2.75, 3.05) is 6.54 Å². The van der Waals surface area contributed by atoms with Crippen molar-refractivity contribution in [1.29, 1.82) is 0 Å². The van der Waals surface area contributed by atoms with Crippen molar-refractivity contribution >= 4 is 15.9 Å². The summed E-state index contributed by atoms with van der Waals surface area (Å²) in [4.78, 5) is 0. The zero-order valence-electron chi connectivity index (χ0n) is 14.3. The third-order valence-corrected chi connectivity index (χ3v) is 5.70. The normalized spacial score (nSPS) is 18.0. The SMILES string of the molecule is OC1(C(CNCc2ccc(F)cc2)c2cccc(Br)c2)CCCCC1. The van der Waals surface area contributed by atoms with Gasteiger partial charge >= 0.3 is 0 Å². The first-order chi connectivity index (χ1) is 12.1. The highest BCUT2D eigenvalue weighted by Crippen LogP contribution is 2.40. The van der Waals surface area contributed by atoms with Gasteiger partial charge in [0, 0.05) is 23.5 Å². The van der Waals surface area contributed by atoms with Gasteiger partial charge in [-0.3, -0.25) is 0 Å². The Kier molecular flexibility index (Phi) is 6.26. The highest BCUT2D eigenvalue weighted by atomic mass is 79.9. The molecule has 4 heteroatoms. The number of rotatable bonds is 6. The second kappa shape index (κ2) is 8.43. The molecular weight excluding hydrogens is 381 g/mol. The molecule has 134 valence electrons. The van der Waals surface area contributed by atoms with Crippen LogP contribution < -0.4 is 5.32 Å². The Bertz CT molecular complexity index is 683. The molecule has 1 aliphatic rings. The minimum atomic E-state index is -0.658. The number of benzene rings is 2. The van der Waals surface area contributed by atoms with E-state index in [1.807, 2.05) is 12.1 Å². The Hall–Kier alpha value is -1.23. The molecule has 2 aromatic carbocycles.